The van der Waals surface area contributed by atoms with Crippen LogP contribution in [0.4, 0.5) is 0 Å². The van der Waals surface area contributed by atoms with E-state index in [1.807, 2.05) is 61.5 Å². The van der Waals surface area contributed by atoms with E-state index in [9.17, 15) is 4.79 Å². The minimum absolute atomic E-state index is 0.0220. The first-order valence-corrected chi connectivity index (χ1v) is 10.0. The number of hydrogen-bond acceptors (Lipinski definition) is 4. The second-order valence-electron chi connectivity index (χ2n) is 8.62. The third kappa shape index (κ3) is 3.32. The highest BCUT2D eigenvalue weighted by atomic mass is 16.6. The largest absolute Gasteiger partial charge is 0.465 e. The summed E-state index contributed by atoms with van der Waals surface area (Å²) >= 11 is 0. The molecule has 1 aliphatic heterocycles. The molecule has 0 radical (unpaired) electrons. The monoisotopic (exact) mass is 402 g/mol. The van der Waals surface area contributed by atoms with Crippen molar-refractivity contribution in [3.63, 3.8) is 0 Å². The Kier molecular flexibility index (Phi) is 4.81. The van der Waals surface area contributed by atoms with E-state index in [2.05, 4.69) is 26.8 Å². The lowest BCUT2D eigenvalue weighted by Gasteiger charge is -2.34. The molecule has 2 aromatic carbocycles. The zero-order valence-electron chi connectivity index (χ0n) is 18.0. The molecule has 0 aliphatic carbocycles. The predicted octanol–water partition coefficient (Wildman–Crippen LogP) is 5.78. The predicted molar refractivity (Wildman–Crippen MR) is 116 cm³/mol. The molecule has 1 atom stereocenters. The van der Waals surface area contributed by atoms with Crippen molar-refractivity contribution in [2.75, 3.05) is 7.11 Å². The number of carbonyl (C=O) groups is 1. The third-order valence-corrected chi connectivity index (χ3v) is 5.43. The molecule has 0 N–H and O–H groups in total. The Balaban J connectivity index is 2.01. The Bertz CT molecular complexity index is 1120. The van der Waals surface area contributed by atoms with Crippen LogP contribution in [0.3, 0.4) is 0 Å². The molecule has 0 fully saturated rings. The van der Waals surface area contributed by atoms with E-state index < -0.39 is 11.6 Å². The molecule has 154 valence electrons. The minimum Gasteiger partial charge on any atom is -0.465 e. The van der Waals surface area contributed by atoms with E-state index in [4.69, 9.17) is 13.9 Å². The molecular weight excluding hydrogens is 376 g/mol. The second-order valence-corrected chi connectivity index (χ2v) is 8.62. The SMILES string of the molecule is COC(=O)C1(c2ccc(C)o2)C=C(c2ccccc2)c2cc(C(C)(C)C)ccc2O1. The first-order valence-electron chi connectivity index (χ1n) is 10.0. The zero-order valence-corrected chi connectivity index (χ0v) is 18.0. The molecule has 30 heavy (non-hydrogen) atoms. The summed E-state index contributed by atoms with van der Waals surface area (Å²) in [6.07, 6.45) is 1.82. The highest BCUT2D eigenvalue weighted by Crippen LogP contribution is 2.45. The minimum atomic E-state index is -1.50. The van der Waals surface area contributed by atoms with E-state index in [-0.39, 0.29) is 5.41 Å². The lowest BCUT2D eigenvalue weighted by atomic mass is 9.82. The van der Waals surface area contributed by atoms with E-state index >= 15 is 0 Å². The lowest BCUT2D eigenvalue weighted by molar-refractivity contribution is -0.157. The van der Waals surface area contributed by atoms with Crippen molar-refractivity contribution in [1.29, 1.82) is 0 Å². The number of fused-ring (bicyclic) bond motifs is 1. The van der Waals surface area contributed by atoms with Gasteiger partial charge in [0.25, 0.3) is 5.60 Å². The molecule has 1 unspecified atom stereocenters. The van der Waals surface area contributed by atoms with Gasteiger partial charge >= 0.3 is 5.97 Å². The summed E-state index contributed by atoms with van der Waals surface area (Å²) in [6.45, 7) is 8.36. The Labute approximate surface area is 177 Å². The molecule has 2 heterocycles. The summed E-state index contributed by atoms with van der Waals surface area (Å²) in [7, 11) is 1.36. The number of esters is 1. The molecule has 4 rings (SSSR count). The van der Waals surface area contributed by atoms with E-state index in [0.717, 1.165) is 16.7 Å². The molecule has 0 bridgehead atoms. The van der Waals surface area contributed by atoms with Crippen molar-refractivity contribution in [1.82, 2.24) is 0 Å². The van der Waals surface area contributed by atoms with Crippen molar-refractivity contribution in [3.8, 4) is 5.75 Å². The molecule has 1 aromatic heterocycles. The smallest absolute Gasteiger partial charge is 0.362 e. The van der Waals surface area contributed by atoms with Crippen LogP contribution in [-0.4, -0.2) is 13.1 Å². The Hall–Kier alpha value is -3.27. The Morgan fingerprint density at radius 3 is 2.33 bits per heavy atom. The zero-order chi connectivity index (χ0) is 21.5. The fraction of sp³-hybridized carbons (Fsp3) is 0.269. The molecule has 4 heteroatoms. The summed E-state index contributed by atoms with van der Waals surface area (Å²) in [4.78, 5) is 13.1. The number of ether oxygens (including phenoxy) is 2. The molecular formula is C26H26O4. The first-order chi connectivity index (χ1) is 14.2. The van der Waals surface area contributed by atoms with Crippen LogP contribution in [0.1, 0.15) is 49.0 Å². The summed E-state index contributed by atoms with van der Waals surface area (Å²) in [5, 5.41) is 0. The maximum absolute atomic E-state index is 13.1. The molecule has 0 saturated heterocycles. The highest BCUT2D eigenvalue weighted by Gasteiger charge is 2.48. The van der Waals surface area contributed by atoms with Crippen LogP contribution in [-0.2, 0) is 20.5 Å². The number of rotatable bonds is 3. The molecule has 4 nitrogen and oxygen atoms in total. The van der Waals surface area contributed by atoms with Crippen molar-refractivity contribution < 1.29 is 18.7 Å². The van der Waals surface area contributed by atoms with Crippen molar-refractivity contribution in [2.24, 2.45) is 0 Å². The van der Waals surface area contributed by atoms with Gasteiger partial charge in [0.05, 0.1) is 7.11 Å². The van der Waals surface area contributed by atoms with Crippen LogP contribution < -0.4 is 4.74 Å². The van der Waals surface area contributed by atoms with Gasteiger partial charge in [-0.2, -0.15) is 0 Å². The highest BCUT2D eigenvalue weighted by molar-refractivity contribution is 5.93. The summed E-state index contributed by atoms with van der Waals surface area (Å²) < 4.78 is 17.4. The van der Waals surface area contributed by atoms with Crippen LogP contribution in [0.25, 0.3) is 5.57 Å². The summed E-state index contributed by atoms with van der Waals surface area (Å²) in [5.74, 6) is 1.17. The maximum atomic E-state index is 13.1. The van der Waals surface area contributed by atoms with Gasteiger partial charge in [0, 0.05) is 5.56 Å². The van der Waals surface area contributed by atoms with Gasteiger partial charge in [-0.3, -0.25) is 0 Å². The first kappa shape index (κ1) is 20.0. The van der Waals surface area contributed by atoms with Crippen LogP contribution >= 0.6 is 0 Å². The van der Waals surface area contributed by atoms with Gasteiger partial charge in [-0.05, 0) is 59.4 Å². The van der Waals surface area contributed by atoms with E-state index in [1.165, 1.54) is 12.7 Å². The van der Waals surface area contributed by atoms with Crippen LogP contribution in [0, 0.1) is 6.92 Å². The van der Waals surface area contributed by atoms with E-state index in [1.54, 1.807) is 6.07 Å². The van der Waals surface area contributed by atoms with Gasteiger partial charge in [-0.1, -0.05) is 57.2 Å². The number of aryl methyl sites for hydroxylation is 1. The summed E-state index contributed by atoms with van der Waals surface area (Å²) in [6, 6.07) is 19.7. The molecule has 1 aliphatic rings. The second kappa shape index (κ2) is 7.21. The quantitative estimate of drug-likeness (QED) is 0.521. The van der Waals surface area contributed by atoms with Crippen molar-refractivity contribution in [2.45, 2.75) is 38.7 Å². The number of hydrogen-bond donors (Lipinski definition) is 0. The van der Waals surface area contributed by atoms with Crippen LogP contribution in [0.2, 0.25) is 0 Å². The van der Waals surface area contributed by atoms with Gasteiger partial charge < -0.3 is 13.9 Å². The van der Waals surface area contributed by atoms with Crippen LogP contribution in [0.15, 0.2) is 71.2 Å². The van der Waals surface area contributed by atoms with Gasteiger partial charge in [-0.15, -0.1) is 0 Å². The molecule has 0 saturated carbocycles. The molecule has 0 amide bonds. The average molecular weight is 402 g/mol. The third-order valence-electron chi connectivity index (χ3n) is 5.43. The summed E-state index contributed by atoms with van der Waals surface area (Å²) in [5.41, 5.74) is 2.51. The fourth-order valence-electron chi connectivity index (χ4n) is 3.74. The number of methoxy groups -OCH3 is 1. The average Bonchev–Trinajstić information content (AvgIpc) is 3.18. The van der Waals surface area contributed by atoms with Gasteiger partial charge in [0.2, 0.25) is 0 Å². The Morgan fingerprint density at radius 2 is 1.73 bits per heavy atom. The maximum Gasteiger partial charge on any atom is 0.362 e. The van der Waals surface area contributed by atoms with Crippen LogP contribution in [0.5, 0.6) is 5.75 Å². The lowest BCUT2D eigenvalue weighted by Crippen LogP contribution is -2.42. The van der Waals surface area contributed by atoms with E-state index in [0.29, 0.717) is 17.3 Å². The number of carbonyl (C=O) groups excluding carboxylic acids is 1. The normalized spacial score (nSPS) is 18.2. The van der Waals surface area contributed by atoms with Gasteiger partial charge in [-0.25, -0.2) is 4.79 Å². The van der Waals surface area contributed by atoms with Crippen molar-refractivity contribution in [3.05, 3.63) is 95.0 Å². The Morgan fingerprint density at radius 1 is 1.00 bits per heavy atom. The molecule has 0 spiro atoms. The number of benzene rings is 2. The standard InChI is InChI=1S/C26H26O4/c1-17-11-14-23(29-17)26(24(27)28-5)16-21(18-9-7-6-8-10-18)20-15-19(25(2,3)4)12-13-22(20)30-26/h6-16H,1-5H3. The van der Waals surface area contributed by atoms with Gasteiger partial charge in [0.1, 0.15) is 11.5 Å². The topological polar surface area (TPSA) is 48.7 Å². The number of furan rings is 1. The van der Waals surface area contributed by atoms with Gasteiger partial charge in [0.15, 0.2) is 5.76 Å². The molecule has 3 aromatic rings. The van der Waals surface area contributed by atoms with Crippen molar-refractivity contribution >= 4 is 11.5 Å². The fourth-order valence-corrected chi connectivity index (χ4v) is 3.74.